The highest BCUT2D eigenvalue weighted by molar-refractivity contribution is 5.95. The third-order valence-electron chi connectivity index (χ3n) is 4.67. The van der Waals surface area contributed by atoms with Gasteiger partial charge in [-0.2, -0.15) is 13.2 Å². The van der Waals surface area contributed by atoms with Gasteiger partial charge in [0.1, 0.15) is 5.56 Å². The molecule has 1 aromatic heterocycles. The minimum atomic E-state index is -4.50. The number of fused-ring (bicyclic) bond motifs is 1. The zero-order valence-corrected chi connectivity index (χ0v) is 15.2. The van der Waals surface area contributed by atoms with Gasteiger partial charge in [0.25, 0.3) is 5.91 Å². The highest BCUT2D eigenvalue weighted by atomic mass is 19.4. The predicted octanol–water partition coefficient (Wildman–Crippen LogP) is 2.74. The van der Waals surface area contributed by atoms with Gasteiger partial charge >= 0.3 is 6.18 Å². The number of hydrazine groups is 1. The average molecular weight is 399 g/mol. The molecule has 29 heavy (non-hydrogen) atoms. The van der Waals surface area contributed by atoms with Crippen molar-refractivity contribution in [1.29, 1.82) is 0 Å². The quantitative estimate of drug-likeness (QED) is 0.638. The number of allylic oxidation sites excluding steroid dienone is 1. The molecule has 0 saturated heterocycles. The number of carbonyl (C=O) groups excluding carboxylic acids is 1. The normalized spacial score (nSPS) is 20.3. The lowest BCUT2D eigenvalue weighted by molar-refractivity contribution is -0.137. The summed E-state index contributed by atoms with van der Waals surface area (Å²) in [4.78, 5) is 19.9. The van der Waals surface area contributed by atoms with Crippen molar-refractivity contribution in [2.75, 3.05) is 0 Å². The first kappa shape index (κ1) is 18.8. The van der Waals surface area contributed by atoms with Crippen molar-refractivity contribution in [3.8, 4) is 0 Å². The third-order valence-corrected chi connectivity index (χ3v) is 4.67. The van der Waals surface area contributed by atoms with Gasteiger partial charge in [0.15, 0.2) is 5.66 Å². The summed E-state index contributed by atoms with van der Waals surface area (Å²) in [6.45, 7) is 1.86. The number of nitrogens with zero attached hydrogens (tertiary/aromatic N) is 1. The summed E-state index contributed by atoms with van der Waals surface area (Å²) in [6, 6.07) is 8.32. The maximum absolute atomic E-state index is 12.8. The molecule has 2 aliphatic heterocycles. The van der Waals surface area contributed by atoms with Crippen molar-refractivity contribution in [3.05, 3.63) is 76.6 Å². The summed E-state index contributed by atoms with van der Waals surface area (Å²) in [7, 11) is 0. The van der Waals surface area contributed by atoms with Crippen LogP contribution in [0.3, 0.4) is 0 Å². The fraction of sp³-hybridized carbons (Fsp3) is 0.200. The van der Waals surface area contributed by atoms with E-state index in [-0.39, 0.29) is 12.1 Å². The largest absolute Gasteiger partial charge is 0.424 e. The molecule has 6 nitrogen and oxygen atoms in total. The van der Waals surface area contributed by atoms with E-state index in [1.807, 2.05) is 25.1 Å². The Morgan fingerprint density at radius 2 is 2.17 bits per heavy atom. The predicted molar refractivity (Wildman–Crippen MR) is 100 cm³/mol. The van der Waals surface area contributed by atoms with Crippen LogP contribution >= 0.6 is 0 Å². The molecule has 1 aromatic carbocycles. The van der Waals surface area contributed by atoms with Crippen LogP contribution in [0.15, 0.2) is 47.1 Å². The number of aliphatic imine (C=N–C) groups is 1. The smallest absolute Gasteiger partial charge is 0.359 e. The van der Waals surface area contributed by atoms with E-state index in [4.69, 9.17) is 0 Å². The van der Waals surface area contributed by atoms with E-state index in [1.54, 1.807) is 12.3 Å². The first-order valence-corrected chi connectivity index (χ1v) is 8.72. The van der Waals surface area contributed by atoms with Gasteiger partial charge in [-0.25, -0.2) is 5.43 Å². The van der Waals surface area contributed by atoms with E-state index in [1.165, 1.54) is 12.3 Å². The minimum absolute atomic E-state index is 0.0586. The Morgan fingerprint density at radius 3 is 2.97 bits per heavy atom. The zero-order chi connectivity index (χ0) is 20.6. The van der Waals surface area contributed by atoms with E-state index in [2.05, 4.69) is 32.2 Å². The van der Waals surface area contributed by atoms with Crippen molar-refractivity contribution in [2.45, 2.75) is 25.3 Å². The second kappa shape index (κ2) is 6.83. The molecular formula is C20H16F3N5O. The molecule has 0 radical (unpaired) electrons. The fourth-order valence-corrected chi connectivity index (χ4v) is 3.13. The SMILES string of the molecule is CC12N=CC=CC1=C(c1cc(C(=O)NCc3cc#cc(C(F)(F)F)c3)c[nH]1)NN2. The Balaban J connectivity index is 1.47. The lowest BCUT2D eigenvalue weighted by atomic mass is 9.98. The number of alkyl halides is 3. The van der Waals surface area contributed by atoms with Gasteiger partial charge in [-0.1, -0.05) is 18.2 Å². The van der Waals surface area contributed by atoms with Gasteiger partial charge in [-0.3, -0.25) is 9.79 Å². The number of hydrogen-bond donors (Lipinski definition) is 4. The monoisotopic (exact) mass is 399 g/mol. The Kier molecular flexibility index (Phi) is 4.43. The fourth-order valence-electron chi connectivity index (χ4n) is 3.13. The van der Waals surface area contributed by atoms with Crippen LogP contribution in [-0.4, -0.2) is 22.8 Å². The van der Waals surface area contributed by atoms with E-state index in [9.17, 15) is 18.0 Å². The van der Waals surface area contributed by atoms with Gasteiger partial charge in [-0.05, 0) is 36.8 Å². The number of dihydropyridines is 1. The molecule has 0 saturated carbocycles. The molecule has 9 heteroatoms. The molecule has 2 aromatic rings. The number of nitrogens with one attached hydrogen (secondary N) is 4. The Bertz CT molecular complexity index is 1050. The maximum Gasteiger partial charge on any atom is 0.424 e. The molecule has 0 bridgehead atoms. The Hall–Kier alpha value is -3.51. The molecule has 0 spiro atoms. The number of rotatable bonds is 4. The van der Waals surface area contributed by atoms with Crippen LogP contribution in [0.1, 0.15) is 34.1 Å². The third kappa shape index (κ3) is 3.62. The van der Waals surface area contributed by atoms with E-state index < -0.39 is 23.3 Å². The number of hydrogen-bond acceptors (Lipinski definition) is 4. The average Bonchev–Trinajstić information content (AvgIpc) is 3.30. The second-order valence-corrected chi connectivity index (χ2v) is 6.78. The molecule has 1 atom stereocenters. The summed E-state index contributed by atoms with van der Waals surface area (Å²) in [5.41, 5.74) is 7.67. The Labute approximate surface area is 164 Å². The standard InChI is InChI=1S/C20H16F3N5O/c1-19-15(6-3-7-26-19)17(27-28-19)16-9-13(11-24-16)18(29)25-10-12-4-2-5-14(8-12)20(21,22)23/h3-4,6-9,11,24,27-28H,10H2,1H3,(H,25,29). The summed E-state index contributed by atoms with van der Waals surface area (Å²) in [5.74, 6) is -0.412. The topological polar surface area (TPSA) is 81.3 Å². The van der Waals surface area contributed by atoms with Gasteiger partial charge in [0.2, 0.25) is 0 Å². The first-order valence-electron chi connectivity index (χ1n) is 8.72. The van der Waals surface area contributed by atoms with Crippen molar-refractivity contribution in [2.24, 2.45) is 4.99 Å². The van der Waals surface area contributed by atoms with Gasteiger partial charge in [0.05, 0.1) is 17.0 Å². The number of H-pyrrole nitrogens is 1. The van der Waals surface area contributed by atoms with Crippen LogP contribution in [0.25, 0.3) is 5.70 Å². The lowest BCUT2D eigenvalue weighted by Gasteiger charge is -2.22. The van der Waals surface area contributed by atoms with Crippen LogP contribution in [0, 0.1) is 12.1 Å². The van der Waals surface area contributed by atoms with Crippen LogP contribution in [-0.2, 0) is 12.7 Å². The van der Waals surface area contributed by atoms with Crippen LogP contribution in [0.5, 0.6) is 0 Å². The molecule has 4 rings (SSSR count). The molecule has 4 N–H and O–H groups in total. The van der Waals surface area contributed by atoms with Crippen molar-refractivity contribution < 1.29 is 18.0 Å². The molecular weight excluding hydrogens is 383 g/mol. The maximum atomic E-state index is 12.8. The van der Waals surface area contributed by atoms with Gasteiger partial charge < -0.3 is 15.7 Å². The summed E-state index contributed by atoms with van der Waals surface area (Å²) in [5, 5.41) is 2.61. The van der Waals surface area contributed by atoms with Crippen LogP contribution < -0.4 is 16.2 Å². The van der Waals surface area contributed by atoms with E-state index in [0.29, 0.717) is 11.3 Å². The molecule has 0 aliphatic carbocycles. The summed E-state index contributed by atoms with van der Waals surface area (Å²) >= 11 is 0. The number of aromatic amines is 1. The van der Waals surface area contributed by atoms with Gasteiger partial charge in [-0.15, -0.1) is 0 Å². The van der Waals surface area contributed by atoms with E-state index in [0.717, 1.165) is 17.3 Å². The molecule has 0 fully saturated rings. The van der Waals surface area contributed by atoms with Crippen molar-refractivity contribution in [1.82, 2.24) is 21.2 Å². The molecule has 148 valence electrons. The van der Waals surface area contributed by atoms with Crippen LogP contribution in [0.2, 0.25) is 0 Å². The number of halogens is 3. The second-order valence-electron chi connectivity index (χ2n) is 6.78. The van der Waals surface area contributed by atoms with E-state index >= 15 is 0 Å². The number of amides is 1. The van der Waals surface area contributed by atoms with Crippen molar-refractivity contribution in [3.63, 3.8) is 0 Å². The lowest BCUT2D eigenvalue weighted by Crippen LogP contribution is -2.42. The molecule has 1 unspecified atom stereocenters. The highest BCUT2D eigenvalue weighted by Crippen LogP contribution is 2.32. The minimum Gasteiger partial charge on any atom is -0.359 e. The summed E-state index contributed by atoms with van der Waals surface area (Å²) < 4.78 is 38.3. The number of carbonyl (C=O) groups is 1. The molecule has 3 heterocycles. The highest BCUT2D eigenvalue weighted by Gasteiger charge is 2.36. The molecule has 1 amide bonds. The summed E-state index contributed by atoms with van der Waals surface area (Å²) in [6.07, 6.45) is 2.49. The van der Waals surface area contributed by atoms with Crippen molar-refractivity contribution >= 4 is 17.8 Å². The Morgan fingerprint density at radius 1 is 1.34 bits per heavy atom. The first-order chi connectivity index (χ1) is 13.8. The zero-order valence-electron chi connectivity index (χ0n) is 15.2. The number of aromatic nitrogens is 1. The van der Waals surface area contributed by atoms with Crippen LogP contribution in [0.4, 0.5) is 13.2 Å². The van der Waals surface area contributed by atoms with Gasteiger partial charge in [0, 0.05) is 24.5 Å². The molecule has 2 aliphatic rings.